The number of nitrogens with zero attached hydrogens (tertiary/aromatic N) is 3. The fourth-order valence-electron chi connectivity index (χ4n) is 2.24. The monoisotopic (exact) mass is 344 g/mol. The number of pyridine rings is 1. The van der Waals surface area contributed by atoms with E-state index in [4.69, 9.17) is 4.42 Å². The Morgan fingerprint density at radius 3 is 2.68 bits per heavy atom. The summed E-state index contributed by atoms with van der Waals surface area (Å²) >= 11 is 0. The van der Waals surface area contributed by atoms with Crippen LogP contribution in [0, 0.1) is 13.8 Å². The summed E-state index contributed by atoms with van der Waals surface area (Å²) in [4.78, 5) is 13.1. The number of aryl methyl sites for hydroxylation is 2. The third-order valence-electron chi connectivity index (χ3n) is 3.66. The molecule has 0 saturated carbocycles. The SMILES string of the molecule is CCNC(=NCc1nc(C)c(C)o1)NCCCCNc1ccccn1. The molecule has 0 aliphatic carbocycles. The van der Waals surface area contributed by atoms with Crippen molar-refractivity contribution in [3.05, 3.63) is 41.7 Å². The standard InChI is InChI=1S/C18H28N6O/c1-4-19-18(23-13-17-24-14(2)15(3)25-17)22-12-8-7-11-21-16-9-5-6-10-20-16/h5-6,9-10H,4,7-8,11-13H2,1-3H3,(H,20,21)(H2,19,22,23). The molecule has 0 aliphatic rings. The lowest BCUT2D eigenvalue weighted by molar-refractivity contribution is 0.472. The molecular formula is C18H28N6O. The van der Waals surface area contributed by atoms with Crippen molar-refractivity contribution in [3.63, 3.8) is 0 Å². The van der Waals surface area contributed by atoms with Gasteiger partial charge in [-0.2, -0.15) is 0 Å². The van der Waals surface area contributed by atoms with Crippen molar-refractivity contribution in [1.82, 2.24) is 20.6 Å². The maximum atomic E-state index is 5.55. The van der Waals surface area contributed by atoms with E-state index in [0.717, 1.165) is 55.7 Å². The molecule has 136 valence electrons. The Labute approximate surface area is 149 Å². The smallest absolute Gasteiger partial charge is 0.216 e. The van der Waals surface area contributed by atoms with E-state index < -0.39 is 0 Å². The highest BCUT2D eigenvalue weighted by molar-refractivity contribution is 5.79. The van der Waals surface area contributed by atoms with Crippen LogP contribution in [0.1, 0.15) is 37.1 Å². The normalized spacial score (nSPS) is 11.4. The maximum Gasteiger partial charge on any atom is 0.216 e. The minimum Gasteiger partial charge on any atom is -0.444 e. The molecule has 2 aromatic heterocycles. The lowest BCUT2D eigenvalue weighted by Crippen LogP contribution is -2.37. The number of aliphatic imine (C=N–C) groups is 1. The van der Waals surface area contributed by atoms with Gasteiger partial charge in [-0.15, -0.1) is 0 Å². The molecule has 2 rings (SSSR count). The summed E-state index contributed by atoms with van der Waals surface area (Å²) in [5.74, 6) is 3.20. The van der Waals surface area contributed by atoms with Crippen LogP contribution in [0.5, 0.6) is 0 Å². The highest BCUT2D eigenvalue weighted by atomic mass is 16.4. The molecule has 2 aromatic rings. The van der Waals surface area contributed by atoms with Gasteiger partial charge < -0.3 is 20.4 Å². The van der Waals surface area contributed by atoms with Gasteiger partial charge in [-0.1, -0.05) is 6.07 Å². The van der Waals surface area contributed by atoms with Crippen LogP contribution in [0.4, 0.5) is 5.82 Å². The van der Waals surface area contributed by atoms with Crippen LogP contribution in [-0.2, 0) is 6.54 Å². The summed E-state index contributed by atoms with van der Waals surface area (Å²) in [7, 11) is 0. The van der Waals surface area contributed by atoms with Crippen LogP contribution in [0.3, 0.4) is 0 Å². The average Bonchev–Trinajstić information content (AvgIpc) is 2.94. The van der Waals surface area contributed by atoms with Crippen LogP contribution in [0.25, 0.3) is 0 Å². The highest BCUT2D eigenvalue weighted by Crippen LogP contribution is 2.08. The summed E-state index contributed by atoms with van der Waals surface area (Å²) in [5.41, 5.74) is 0.920. The predicted octanol–water partition coefficient (Wildman–Crippen LogP) is 2.63. The Kier molecular flexibility index (Phi) is 7.75. The lowest BCUT2D eigenvalue weighted by Gasteiger charge is -2.11. The second kappa shape index (κ2) is 10.3. The van der Waals surface area contributed by atoms with Crippen molar-refractivity contribution < 1.29 is 4.42 Å². The van der Waals surface area contributed by atoms with Crippen LogP contribution in [-0.4, -0.2) is 35.6 Å². The summed E-state index contributed by atoms with van der Waals surface area (Å²) in [6.45, 7) is 8.92. The molecule has 0 aromatic carbocycles. The van der Waals surface area contributed by atoms with Crippen molar-refractivity contribution in [2.45, 2.75) is 40.2 Å². The molecule has 2 heterocycles. The van der Waals surface area contributed by atoms with E-state index in [1.807, 2.05) is 39.0 Å². The number of hydrogen-bond donors (Lipinski definition) is 3. The molecule has 7 heteroatoms. The predicted molar refractivity (Wildman–Crippen MR) is 101 cm³/mol. The van der Waals surface area contributed by atoms with Crippen molar-refractivity contribution in [1.29, 1.82) is 0 Å². The summed E-state index contributed by atoms with van der Waals surface area (Å²) in [6.07, 6.45) is 3.89. The van der Waals surface area contributed by atoms with E-state index in [1.54, 1.807) is 6.20 Å². The van der Waals surface area contributed by atoms with Crippen LogP contribution >= 0.6 is 0 Å². The molecule has 0 bridgehead atoms. The second-order valence-corrected chi connectivity index (χ2v) is 5.72. The first kappa shape index (κ1) is 18.8. The van der Waals surface area contributed by atoms with Gasteiger partial charge >= 0.3 is 0 Å². The first-order chi connectivity index (χ1) is 12.2. The van der Waals surface area contributed by atoms with E-state index in [0.29, 0.717) is 12.4 Å². The average molecular weight is 344 g/mol. The number of aromatic nitrogens is 2. The Morgan fingerprint density at radius 1 is 1.16 bits per heavy atom. The van der Waals surface area contributed by atoms with Gasteiger partial charge in [0.15, 0.2) is 5.96 Å². The highest BCUT2D eigenvalue weighted by Gasteiger charge is 2.05. The summed E-state index contributed by atoms with van der Waals surface area (Å²) < 4.78 is 5.55. The van der Waals surface area contributed by atoms with E-state index in [-0.39, 0.29) is 0 Å². The zero-order valence-electron chi connectivity index (χ0n) is 15.3. The number of hydrogen-bond acceptors (Lipinski definition) is 5. The van der Waals surface area contributed by atoms with Gasteiger partial charge in [-0.3, -0.25) is 0 Å². The fourth-order valence-corrected chi connectivity index (χ4v) is 2.24. The minimum absolute atomic E-state index is 0.436. The first-order valence-corrected chi connectivity index (χ1v) is 8.79. The van der Waals surface area contributed by atoms with Gasteiger partial charge in [-0.05, 0) is 45.7 Å². The molecule has 0 radical (unpaired) electrons. The number of rotatable bonds is 9. The molecule has 25 heavy (non-hydrogen) atoms. The van der Waals surface area contributed by atoms with Gasteiger partial charge in [0.2, 0.25) is 5.89 Å². The Morgan fingerprint density at radius 2 is 2.00 bits per heavy atom. The summed E-state index contributed by atoms with van der Waals surface area (Å²) in [6, 6.07) is 5.87. The van der Waals surface area contributed by atoms with Crippen LogP contribution in [0.15, 0.2) is 33.8 Å². The van der Waals surface area contributed by atoms with Crippen molar-refractivity contribution in [2.75, 3.05) is 25.0 Å². The van der Waals surface area contributed by atoms with E-state index >= 15 is 0 Å². The van der Waals surface area contributed by atoms with Gasteiger partial charge in [0.05, 0.1) is 5.69 Å². The van der Waals surface area contributed by atoms with Crippen molar-refractivity contribution in [2.24, 2.45) is 4.99 Å². The number of nitrogens with one attached hydrogen (secondary N) is 3. The Balaban J connectivity index is 1.67. The van der Waals surface area contributed by atoms with Gasteiger partial charge in [0.1, 0.15) is 18.1 Å². The molecule has 0 aliphatic heterocycles. The van der Waals surface area contributed by atoms with Crippen LogP contribution < -0.4 is 16.0 Å². The molecule has 0 amide bonds. The first-order valence-electron chi connectivity index (χ1n) is 8.79. The van der Waals surface area contributed by atoms with E-state index in [2.05, 4.69) is 30.9 Å². The molecule has 0 spiro atoms. The van der Waals surface area contributed by atoms with Gasteiger partial charge in [0, 0.05) is 25.8 Å². The largest absolute Gasteiger partial charge is 0.444 e. The molecule has 0 saturated heterocycles. The summed E-state index contributed by atoms with van der Waals surface area (Å²) in [5, 5.41) is 9.88. The molecule has 0 fully saturated rings. The zero-order chi connectivity index (χ0) is 17.9. The topological polar surface area (TPSA) is 87.4 Å². The van der Waals surface area contributed by atoms with E-state index in [1.165, 1.54) is 0 Å². The lowest BCUT2D eigenvalue weighted by atomic mass is 10.3. The quantitative estimate of drug-likeness (QED) is 0.368. The molecule has 0 atom stereocenters. The van der Waals surface area contributed by atoms with Crippen molar-refractivity contribution >= 4 is 11.8 Å². The second-order valence-electron chi connectivity index (χ2n) is 5.72. The number of anilines is 1. The number of unbranched alkanes of at least 4 members (excludes halogenated alkanes) is 1. The van der Waals surface area contributed by atoms with E-state index in [9.17, 15) is 0 Å². The third-order valence-corrected chi connectivity index (χ3v) is 3.66. The number of oxazole rings is 1. The number of guanidine groups is 1. The minimum atomic E-state index is 0.436. The molecule has 7 nitrogen and oxygen atoms in total. The molecule has 3 N–H and O–H groups in total. The Bertz CT molecular complexity index is 633. The van der Waals surface area contributed by atoms with Gasteiger partial charge in [-0.25, -0.2) is 15.0 Å². The third kappa shape index (κ3) is 6.82. The molecule has 0 unspecified atom stereocenters. The maximum absolute atomic E-state index is 5.55. The fraction of sp³-hybridized carbons (Fsp3) is 0.500. The van der Waals surface area contributed by atoms with Gasteiger partial charge in [0.25, 0.3) is 0 Å². The molecular weight excluding hydrogens is 316 g/mol. The zero-order valence-corrected chi connectivity index (χ0v) is 15.3. The Hall–Kier alpha value is -2.57. The van der Waals surface area contributed by atoms with Crippen molar-refractivity contribution in [3.8, 4) is 0 Å². The van der Waals surface area contributed by atoms with Crippen LogP contribution in [0.2, 0.25) is 0 Å².